The van der Waals surface area contributed by atoms with Crippen LogP contribution in [0, 0.1) is 0 Å². The highest BCUT2D eigenvalue weighted by Crippen LogP contribution is 2.03. The van der Waals surface area contributed by atoms with Crippen LogP contribution < -0.4 is 5.32 Å². The molecule has 0 aliphatic carbocycles. The molecule has 2 rings (SSSR count). The number of carbonyl (C=O) groups is 2. The molecule has 1 heterocycles. The summed E-state index contributed by atoms with van der Waals surface area (Å²) in [5.74, 6) is -0.965. The molecule has 1 aliphatic rings. The number of carbonyl (C=O) groups excluding carboxylic acids is 1. The molecule has 0 saturated carbocycles. The highest BCUT2D eigenvalue weighted by molar-refractivity contribution is 5.89. The Morgan fingerprint density at radius 1 is 1.41 bits per heavy atom. The molecule has 1 saturated heterocycles. The summed E-state index contributed by atoms with van der Waals surface area (Å²) in [6.45, 7) is 1.14. The number of rotatable bonds is 3. The molecule has 0 radical (unpaired) electrons. The molecule has 0 atom stereocenters. The van der Waals surface area contributed by atoms with Crippen molar-refractivity contribution in [3.05, 3.63) is 35.4 Å². The zero-order valence-corrected chi connectivity index (χ0v) is 8.96. The minimum atomic E-state index is -0.965. The van der Waals surface area contributed by atoms with Crippen molar-refractivity contribution in [2.24, 2.45) is 5.10 Å². The lowest BCUT2D eigenvalue weighted by Crippen LogP contribution is -2.23. The number of hydrogen-bond donors (Lipinski definition) is 2. The number of urea groups is 1. The topological polar surface area (TPSA) is 82.0 Å². The van der Waals surface area contributed by atoms with Crippen LogP contribution in [0.2, 0.25) is 0 Å². The molecule has 1 aromatic carbocycles. The Kier molecular flexibility index (Phi) is 3.04. The molecule has 6 nitrogen and oxygen atoms in total. The molecule has 1 aromatic rings. The Morgan fingerprint density at radius 3 is 2.65 bits per heavy atom. The predicted octanol–water partition coefficient (Wildman–Crippen LogP) is 0.744. The number of nitrogens with one attached hydrogen (secondary N) is 1. The molecule has 0 bridgehead atoms. The minimum Gasteiger partial charge on any atom is -0.478 e. The van der Waals surface area contributed by atoms with E-state index in [-0.39, 0.29) is 11.6 Å². The van der Waals surface area contributed by atoms with Gasteiger partial charge in [0.05, 0.1) is 18.3 Å². The molecule has 6 heteroatoms. The molecule has 2 amide bonds. The monoisotopic (exact) mass is 233 g/mol. The number of hydrogen-bond acceptors (Lipinski definition) is 3. The second kappa shape index (κ2) is 4.65. The van der Waals surface area contributed by atoms with Crippen molar-refractivity contribution in [3.63, 3.8) is 0 Å². The van der Waals surface area contributed by atoms with Gasteiger partial charge in [0.2, 0.25) is 0 Å². The van der Waals surface area contributed by atoms with E-state index in [0.717, 1.165) is 5.56 Å². The lowest BCUT2D eigenvalue weighted by atomic mass is 10.1. The lowest BCUT2D eigenvalue weighted by molar-refractivity contribution is 0.0697. The van der Waals surface area contributed by atoms with E-state index in [1.165, 1.54) is 23.4 Å². The van der Waals surface area contributed by atoms with Gasteiger partial charge in [-0.2, -0.15) is 5.10 Å². The summed E-state index contributed by atoms with van der Waals surface area (Å²) in [5.41, 5.74) is 0.968. The van der Waals surface area contributed by atoms with Gasteiger partial charge in [0, 0.05) is 6.54 Å². The summed E-state index contributed by atoms with van der Waals surface area (Å²) in [7, 11) is 0. The molecule has 1 aliphatic heterocycles. The van der Waals surface area contributed by atoms with Gasteiger partial charge in [-0.1, -0.05) is 12.1 Å². The quantitative estimate of drug-likeness (QED) is 0.755. The number of aromatic carboxylic acids is 1. The largest absolute Gasteiger partial charge is 0.478 e. The van der Waals surface area contributed by atoms with Gasteiger partial charge in [0.1, 0.15) is 0 Å². The van der Waals surface area contributed by atoms with Crippen molar-refractivity contribution in [2.75, 3.05) is 13.1 Å². The van der Waals surface area contributed by atoms with Crippen molar-refractivity contribution in [2.45, 2.75) is 0 Å². The molecular weight excluding hydrogens is 222 g/mol. The minimum absolute atomic E-state index is 0.219. The average Bonchev–Trinajstić information content (AvgIpc) is 2.73. The van der Waals surface area contributed by atoms with Crippen LogP contribution in [0.15, 0.2) is 29.4 Å². The van der Waals surface area contributed by atoms with Gasteiger partial charge in [-0.15, -0.1) is 0 Å². The number of carboxylic acid groups (broad SMARTS) is 1. The van der Waals surface area contributed by atoms with Crippen LogP contribution in [0.25, 0.3) is 0 Å². The van der Waals surface area contributed by atoms with Crippen molar-refractivity contribution < 1.29 is 14.7 Å². The Labute approximate surface area is 97.5 Å². The summed E-state index contributed by atoms with van der Waals surface area (Å²) >= 11 is 0. The fourth-order valence-corrected chi connectivity index (χ4v) is 1.42. The van der Waals surface area contributed by atoms with Crippen molar-refractivity contribution in [1.29, 1.82) is 0 Å². The smallest absolute Gasteiger partial charge is 0.337 e. The SMILES string of the molecule is O=C(O)c1ccc(C=NN2CCNC2=O)cc1. The van der Waals surface area contributed by atoms with Crippen molar-refractivity contribution in [1.82, 2.24) is 10.3 Å². The van der Waals surface area contributed by atoms with E-state index < -0.39 is 5.97 Å². The van der Waals surface area contributed by atoms with Gasteiger partial charge < -0.3 is 10.4 Å². The Morgan fingerprint density at radius 2 is 2.12 bits per heavy atom. The molecule has 0 aromatic heterocycles. The van der Waals surface area contributed by atoms with Gasteiger partial charge in [-0.25, -0.2) is 14.6 Å². The van der Waals surface area contributed by atoms with E-state index in [9.17, 15) is 9.59 Å². The van der Waals surface area contributed by atoms with Gasteiger partial charge in [-0.05, 0) is 17.7 Å². The average molecular weight is 233 g/mol. The van der Waals surface area contributed by atoms with Crippen LogP contribution in [0.3, 0.4) is 0 Å². The van der Waals surface area contributed by atoms with Crippen LogP contribution in [0.4, 0.5) is 4.79 Å². The number of amides is 2. The first-order chi connectivity index (χ1) is 8.16. The lowest BCUT2D eigenvalue weighted by Gasteiger charge is -2.05. The second-order valence-electron chi connectivity index (χ2n) is 3.53. The standard InChI is InChI=1S/C11H11N3O3/c15-10(16)9-3-1-8(2-4-9)7-13-14-6-5-12-11(14)17/h1-4,7H,5-6H2,(H,12,17)(H,15,16). The molecule has 88 valence electrons. The molecule has 17 heavy (non-hydrogen) atoms. The van der Waals surface area contributed by atoms with Crippen LogP contribution in [0.5, 0.6) is 0 Å². The molecule has 2 N–H and O–H groups in total. The highest BCUT2D eigenvalue weighted by Gasteiger charge is 2.17. The maximum atomic E-state index is 11.2. The van der Waals surface area contributed by atoms with Crippen LogP contribution in [-0.4, -0.2) is 41.4 Å². The Bertz CT molecular complexity index is 467. The van der Waals surface area contributed by atoms with Crippen LogP contribution in [-0.2, 0) is 0 Å². The third-order valence-electron chi connectivity index (χ3n) is 2.34. The highest BCUT2D eigenvalue weighted by atomic mass is 16.4. The molecule has 1 fully saturated rings. The molecule has 0 unspecified atom stereocenters. The fourth-order valence-electron chi connectivity index (χ4n) is 1.42. The number of carboxylic acids is 1. The number of nitrogens with zero attached hydrogens (tertiary/aromatic N) is 2. The maximum Gasteiger partial charge on any atom is 0.337 e. The van der Waals surface area contributed by atoms with Crippen molar-refractivity contribution in [3.8, 4) is 0 Å². The van der Waals surface area contributed by atoms with Crippen LogP contribution in [0.1, 0.15) is 15.9 Å². The summed E-state index contributed by atoms with van der Waals surface area (Å²) in [6.07, 6.45) is 1.52. The van der Waals surface area contributed by atoms with Crippen molar-refractivity contribution >= 4 is 18.2 Å². The third kappa shape index (κ3) is 2.60. The maximum absolute atomic E-state index is 11.2. The molecular formula is C11H11N3O3. The Hall–Kier alpha value is -2.37. The summed E-state index contributed by atoms with van der Waals surface area (Å²) < 4.78 is 0. The second-order valence-corrected chi connectivity index (χ2v) is 3.53. The number of benzene rings is 1. The van der Waals surface area contributed by atoms with Gasteiger partial charge >= 0.3 is 12.0 Å². The third-order valence-corrected chi connectivity index (χ3v) is 2.34. The predicted molar refractivity (Wildman–Crippen MR) is 61.1 cm³/mol. The van der Waals surface area contributed by atoms with Gasteiger partial charge in [0.25, 0.3) is 0 Å². The zero-order valence-electron chi connectivity index (χ0n) is 8.96. The van der Waals surface area contributed by atoms with E-state index in [4.69, 9.17) is 5.11 Å². The normalized spacial score (nSPS) is 15.3. The first-order valence-electron chi connectivity index (χ1n) is 5.09. The van der Waals surface area contributed by atoms with E-state index >= 15 is 0 Å². The zero-order chi connectivity index (χ0) is 12.3. The fraction of sp³-hybridized carbons (Fsp3) is 0.182. The number of hydrazone groups is 1. The van der Waals surface area contributed by atoms with E-state index in [2.05, 4.69) is 10.4 Å². The summed E-state index contributed by atoms with van der Waals surface area (Å²) in [6, 6.07) is 6.05. The summed E-state index contributed by atoms with van der Waals surface area (Å²) in [4.78, 5) is 21.8. The summed E-state index contributed by atoms with van der Waals surface area (Å²) in [5, 5.41) is 16.7. The van der Waals surface area contributed by atoms with E-state index in [0.29, 0.717) is 13.1 Å². The molecule has 0 spiro atoms. The Balaban J connectivity index is 2.06. The first kappa shape index (κ1) is 11.1. The van der Waals surface area contributed by atoms with E-state index in [1.54, 1.807) is 12.1 Å². The van der Waals surface area contributed by atoms with Gasteiger partial charge in [0.15, 0.2) is 0 Å². The van der Waals surface area contributed by atoms with Gasteiger partial charge in [-0.3, -0.25) is 0 Å². The first-order valence-corrected chi connectivity index (χ1v) is 5.09. The van der Waals surface area contributed by atoms with Crippen LogP contribution >= 0.6 is 0 Å². The van der Waals surface area contributed by atoms with E-state index in [1.807, 2.05) is 0 Å².